The second-order valence-corrected chi connectivity index (χ2v) is 13.7. The molecule has 7 nitrogen and oxygen atoms in total. The number of fused-ring (bicyclic) bond motifs is 1. The van der Waals surface area contributed by atoms with E-state index in [4.69, 9.17) is 0 Å². The lowest BCUT2D eigenvalue weighted by Crippen LogP contribution is -2.56. The summed E-state index contributed by atoms with van der Waals surface area (Å²) in [7, 11) is 0. The number of nitrogens with zero attached hydrogens (tertiary/aromatic N) is 3. The molecule has 3 aliphatic heterocycles. The van der Waals surface area contributed by atoms with E-state index in [9.17, 15) is 19.5 Å². The zero-order valence-corrected chi connectivity index (χ0v) is 25.8. The lowest BCUT2D eigenvalue weighted by atomic mass is 9.70. The summed E-state index contributed by atoms with van der Waals surface area (Å²) in [6.45, 7) is 11.7. The number of halogens is 1. The Bertz CT molecular complexity index is 1090. The van der Waals surface area contributed by atoms with Gasteiger partial charge in [0.05, 0.1) is 16.6 Å². The highest BCUT2D eigenvalue weighted by Gasteiger charge is 2.76. The van der Waals surface area contributed by atoms with Gasteiger partial charge in [-0.15, -0.1) is 24.9 Å². The molecule has 3 saturated heterocycles. The third kappa shape index (κ3) is 5.66. The molecule has 218 valence electrons. The third-order valence-electron chi connectivity index (χ3n) is 8.45. The Hall–Kier alpha value is -2.10. The Morgan fingerprint density at radius 3 is 2.50 bits per heavy atom. The summed E-state index contributed by atoms with van der Waals surface area (Å²) in [6, 6.07) is 8.85. The Morgan fingerprint density at radius 1 is 1.12 bits per heavy atom. The minimum absolute atomic E-state index is 0.0116. The lowest BCUT2D eigenvalue weighted by Gasteiger charge is -2.38. The Balaban J connectivity index is 1.73. The molecule has 1 spiro atoms. The van der Waals surface area contributed by atoms with Gasteiger partial charge in [0.1, 0.15) is 6.04 Å². The highest BCUT2D eigenvalue weighted by molar-refractivity contribution is 9.09. The fourth-order valence-electron chi connectivity index (χ4n) is 6.74. The predicted molar refractivity (Wildman–Crippen MR) is 166 cm³/mol. The monoisotopic (exact) mass is 631 g/mol. The van der Waals surface area contributed by atoms with E-state index in [2.05, 4.69) is 36.0 Å². The van der Waals surface area contributed by atoms with E-state index in [0.29, 0.717) is 45.4 Å². The van der Waals surface area contributed by atoms with Crippen LogP contribution in [0.4, 0.5) is 5.69 Å². The van der Waals surface area contributed by atoms with Crippen molar-refractivity contribution in [2.75, 3.05) is 37.7 Å². The number of amides is 3. The number of anilines is 1. The van der Waals surface area contributed by atoms with Crippen LogP contribution in [0.1, 0.15) is 45.4 Å². The molecule has 6 atom stereocenters. The first-order valence-corrected chi connectivity index (χ1v) is 16.3. The van der Waals surface area contributed by atoms with Crippen LogP contribution < -0.4 is 4.90 Å². The number of carbonyl (C=O) groups is 3. The zero-order valence-electron chi connectivity index (χ0n) is 23.4. The number of thioether (sulfide) groups is 1. The molecule has 3 aliphatic rings. The smallest absolute Gasteiger partial charge is 0.247 e. The summed E-state index contributed by atoms with van der Waals surface area (Å²) >= 11 is 5.53. The quantitative estimate of drug-likeness (QED) is 0.173. The number of benzene rings is 1. The van der Waals surface area contributed by atoms with E-state index in [-0.39, 0.29) is 34.4 Å². The van der Waals surface area contributed by atoms with Crippen molar-refractivity contribution in [2.45, 2.75) is 66.3 Å². The summed E-state index contributed by atoms with van der Waals surface area (Å²) in [4.78, 5) is 48.4. The van der Waals surface area contributed by atoms with Crippen molar-refractivity contribution in [1.29, 1.82) is 0 Å². The molecule has 9 heteroatoms. The number of hydrogen-bond acceptors (Lipinski definition) is 5. The first-order chi connectivity index (χ1) is 19.4. The molecule has 3 heterocycles. The van der Waals surface area contributed by atoms with Gasteiger partial charge in [0.15, 0.2) is 0 Å². The van der Waals surface area contributed by atoms with E-state index in [1.807, 2.05) is 35.2 Å². The molecule has 4 rings (SSSR count). The average molecular weight is 633 g/mol. The fourth-order valence-corrected chi connectivity index (χ4v) is 10.3. The number of aliphatic hydroxyl groups excluding tert-OH is 1. The van der Waals surface area contributed by atoms with Crippen LogP contribution in [0.5, 0.6) is 0 Å². The van der Waals surface area contributed by atoms with E-state index in [0.717, 1.165) is 24.9 Å². The molecule has 3 unspecified atom stereocenters. The summed E-state index contributed by atoms with van der Waals surface area (Å²) in [6.07, 6.45) is 8.22. The first kappa shape index (κ1) is 30.8. The van der Waals surface area contributed by atoms with Crippen molar-refractivity contribution in [3.63, 3.8) is 0 Å². The van der Waals surface area contributed by atoms with Crippen molar-refractivity contribution in [3.8, 4) is 0 Å². The van der Waals surface area contributed by atoms with Gasteiger partial charge < -0.3 is 19.8 Å². The van der Waals surface area contributed by atoms with Gasteiger partial charge in [0, 0.05) is 48.6 Å². The van der Waals surface area contributed by atoms with Gasteiger partial charge in [-0.3, -0.25) is 14.4 Å². The van der Waals surface area contributed by atoms with Crippen molar-refractivity contribution >= 4 is 51.1 Å². The van der Waals surface area contributed by atoms with Crippen molar-refractivity contribution < 1.29 is 19.5 Å². The van der Waals surface area contributed by atoms with Crippen LogP contribution in [0.3, 0.4) is 0 Å². The van der Waals surface area contributed by atoms with Crippen LogP contribution in [0.15, 0.2) is 55.6 Å². The van der Waals surface area contributed by atoms with Crippen LogP contribution in [0.2, 0.25) is 0 Å². The maximum Gasteiger partial charge on any atom is 0.247 e. The van der Waals surface area contributed by atoms with Crippen LogP contribution in [-0.2, 0) is 14.4 Å². The highest BCUT2D eigenvalue weighted by atomic mass is 79.9. The third-order valence-corrected chi connectivity index (χ3v) is 11.7. The van der Waals surface area contributed by atoms with E-state index >= 15 is 0 Å². The van der Waals surface area contributed by atoms with Crippen LogP contribution >= 0.6 is 27.7 Å². The number of hydrogen-bond donors (Lipinski definition) is 1. The van der Waals surface area contributed by atoms with Gasteiger partial charge in [0.25, 0.3) is 0 Å². The number of aliphatic hydroxyl groups is 1. The number of carbonyl (C=O) groups excluding carboxylic acids is 3. The lowest BCUT2D eigenvalue weighted by molar-refractivity contribution is -0.142. The molecule has 1 aromatic carbocycles. The van der Waals surface area contributed by atoms with E-state index in [1.165, 1.54) is 0 Å². The zero-order chi connectivity index (χ0) is 28.9. The molecule has 0 aliphatic carbocycles. The maximum atomic E-state index is 14.4. The molecule has 3 fully saturated rings. The Morgan fingerprint density at radius 2 is 1.85 bits per heavy atom. The highest BCUT2D eigenvalue weighted by Crippen LogP contribution is 2.68. The number of para-hydroxylation sites is 1. The topological polar surface area (TPSA) is 81.2 Å². The van der Waals surface area contributed by atoms with Gasteiger partial charge in [-0.1, -0.05) is 66.0 Å². The molecule has 0 aromatic heterocycles. The SMILES string of the molecule is C=CCN(CCCCC)C(=O)C1N(CCCCO)C(=O)[C@@H]2[C@H](C(=O)N(CC=C)c3ccccc3)[C@H]3SC12CC3Br. The Kier molecular flexibility index (Phi) is 10.6. The molecule has 2 bridgehead atoms. The predicted octanol–water partition coefficient (Wildman–Crippen LogP) is 4.65. The minimum Gasteiger partial charge on any atom is -0.396 e. The first-order valence-electron chi connectivity index (χ1n) is 14.5. The second-order valence-electron chi connectivity index (χ2n) is 11.0. The molecule has 1 aromatic rings. The number of alkyl halides is 1. The number of rotatable bonds is 15. The Labute approximate surface area is 251 Å². The van der Waals surface area contributed by atoms with Crippen molar-refractivity contribution in [2.24, 2.45) is 11.8 Å². The molecule has 40 heavy (non-hydrogen) atoms. The average Bonchev–Trinajstić information content (AvgIpc) is 3.54. The largest absolute Gasteiger partial charge is 0.396 e. The van der Waals surface area contributed by atoms with Crippen molar-refractivity contribution in [3.05, 3.63) is 55.6 Å². The molecule has 0 saturated carbocycles. The molecule has 0 radical (unpaired) electrons. The van der Waals surface area contributed by atoms with Gasteiger partial charge >= 0.3 is 0 Å². The number of unbranched alkanes of at least 4 members (excludes halogenated alkanes) is 3. The summed E-state index contributed by atoms with van der Waals surface area (Å²) in [5.41, 5.74) is 0.770. The number of likely N-dealkylation sites (tertiary alicyclic amines) is 1. The maximum absolute atomic E-state index is 14.4. The summed E-state index contributed by atoms with van der Waals surface area (Å²) in [5.74, 6) is -1.39. The second kappa shape index (κ2) is 13.7. The standard InChI is InChI=1S/C31H42BrN3O4S/c1-4-7-11-18-33(16-5-2)30(39)27-31-21-23(32)26(40-31)24(25(31)29(38)35(27)19-12-13-20-36)28(37)34(17-6-3)22-14-9-8-10-15-22/h5-6,8-10,14-15,23-27,36H,2-4,7,11-13,16-21H2,1H3/t23?,24-,25-,26-,27?,31?/m0/s1. The van der Waals surface area contributed by atoms with E-state index < -0.39 is 22.6 Å². The molecule has 1 N–H and O–H groups in total. The summed E-state index contributed by atoms with van der Waals surface area (Å²) in [5, 5.41) is 9.33. The van der Waals surface area contributed by atoms with Gasteiger partial charge in [-0.05, 0) is 37.8 Å². The fraction of sp³-hybridized carbons (Fsp3) is 0.581. The van der Waals surface area contributed by atoms with Gasteiger partial charge in [-0.25, -0.2) is 0 Å². The van der Waals surface area contributed by atoms with E-state index in [1.54, 1.807) is 33.7 Å². The van der Waals surface area contributed by atoms with Crippen LogP contribution in [-0.4, -0.2) is 86.3 Å². The van der Waals surface area contributed by atoms with Crippen molar-refractivity contribution in [1.82, 2.24) is 9.80 Å². The van der Waals surface area contributed by atoms with Gasteiger partial charge in [-0.2, -0.15) is 0 Å². The molecular formula is C31H42BrN3O4S. The normalized spacial score (nSPS) is 28.4. The van der Waals surface area contributed by atoms with Crippen LogP contribution in [0, 0.1) is 11.8 Å². The molecule has 3 amide bonds. The minimum atomic E-state index is -0.687. The summed E-state index contributed by atoms with van der Waals surface area (Å²) < 4.78 is -0.687. The van der Waals surface area contributed by atoms with Gasteiger partial charge in [0.2, 0.25) is 17.7 Å². The van der Waals surface area contributed by atoms with Crippen LogP contribution in [0.25, 0.3) is 0 Å². The molecular weight excluding hydrogens is 590 g/mol.